The molecule has 0 saturated heterocycles. The standard InChI is InChI=1S/C27H54O3/c1-2-3-4-5-6-7-8-9-10-11-12-13-14-15-16-17-18-19-20-21-22-23-24-25-26-30-27(28)29/h2-26H2,1H3,(H,28,29). The molecule has 0 saturated carbocycles. The number of hydrogen-bond acceptors (Lipinski definition) is 2. The van der Waals surface area contributed by atoms with Gasteiger partial charge in [0.1, 0.15) is 0 Å². The van der Waals surface area contributed by atoms with Crippen molar-refractivity contribution >= 4 is 6.16 Å². The second-order valence-corrected chi connectivity index (χ2v) is 9.25. The smallest absolute Gasteiger partial charge is 0.450 e. The molecule has 0 aliphatic carbocycles. The fourth-order valence-electron chi connectivity index (χ4n) is 4.22. The molecule has 3 heteroatoms. The molecule has 0 aromatic heterocycles. The van der Waals surface area contributed by atoms with Gasteiger partial charge in [-0.2, -0.15) is 0 Å². The third kappa shape index (κ3) is 27.3. The molecule has 0 fully saturated rings. The van der Waals surface area contributed by atoms with Gasteiger partial charge in [0.25, 0.3) is 0 Å². The first-order valence-corrected chi connectivity index (χ1v) is 13.6. The molecule has 0 spiro atoms. The highest BCUT2D eigenvalue weighted by atomic mass is 16.7. The van der Waals surface area contributed by atoms with Crippen molar-refractivity contribution in [2.45, 2.75) is 161 Å². The van der Waals surface area contributed by atoms with E-state index in [0.717, 1.165) is 12.8 Å². The van der Waals surface area contributed by atoms with E-state index < -0.39 is 6.16 Å². The highest BCUT2D eigenvalue weighted by Crippen LogP contribution is 2.15. The second kappa shape index (κ2) is 26.3. The van der Waals surface area contributed by atoms with Gasteiger partial charge in [-0.1, -0.05) is 155 Å². The van der Waals surface area contributed by atoms with E-state index in [4.69, 9.17) is 5.11 Å². The van der Waals surface area contributed by atoms with E-state index in [2.05, 4.69) is 11.7 Å². The zero-order valence-corrected chi connectivity index (χ0v) is 20.4. The molecular formula is C27H54O3. The molecule has 0 aromatic rings. The van der Waals surface area contributed by atoms with Crippen molar-refractivity contribution in [2.75, 3.05) is 6.61 Å². The Balaban J connectivity index is 2.99. The van der Waals surface area contributed by atoms with Crippen molar-refractivity contribution in [1.29, 1.82) is 0 Å². The Kier molecular flexibility index (Phi) is 25.7. The van der Waals surface area contributed by atoms with Crippen LogP contribution >= 0.6 is 0 Å². The van der Waals surface area contributed by atoms with Crippen molar-refractivity contribution in [2.24, 2.45) is 0 Å². The summed E-state index contributed by atoms with van der Waals surface area (Å²) in [4.78, 5) is 10.2. The second-order valence-electron chi connectivity index (χ2n) is 9.25. The fourth-order valence-corrected chi connectivity index (χ4v) is 4.22. The van der Waals surface area contributed by atoms with Crippen molar-refractivity contribution in [3.05, 3.63) is 0 Å². The number of hydrogen-bond donors (Lipinski definition) is 1. The first-order valence-electron chi connectivity index (χ1n) is 13.6. The number of carboxylic acid groups (broad SMARTS) is 1. The monoisotopic (exact) mass is 426 g/mol. The molecule has 0 amide bonds. The van der Waals surface area contributed by atoms with E-state index in [-0.39, 0.29) is 0 Å². The van der Waals surface area contributed by atoms with Gasteiger partial charge in [0.15, 0.2) is 0 Å². The summed E-state index contributed by atoms with van der Waals surface area (Å²) in [5.74, 6) is 0. The summed E-state index contributed by atoms with van der Waals surface area (Å²) in [6.07, 6.45) is 31.9. The molecule has 0 aromatic carbocycles. The molecule has 1 N–H and O–H groups in total. The predicted molar refractivity (Wildman–Crippen MR) is 130 cm³/mol. The van der Waals surface area contributed by atoms with Crippen LogP contribution in [0.15, 0.2) is 0 Å². The highest BCUT2D eigenvalue weighted by molar-refractivity contribution is 5.56. The summed E-state index contributed by atoms with van der Waals surface area (Å²) in [6, 6.07) is 0. The molecule has 0 rings (SSSR count). The Morgan fingerprint density at radius 2 is 0.700 bits per heavy atom. The lowest BCUT2D eigenvalue weighted by Gasteiger charge is -2.04. The third-order valence-corrected chi connectivity index (χ3v) is 6.22. The molecule has 0 heterocycles. The average molecular weight is 427 g/mol. The van der Waals surface area contributed by atoms with Crippen LogP contribution in [-0.4, -0.2) is 17.9 Å². The summed E-state index contributed by atoms with van der Waals surface area (Å²) < 4.78 is 4.51. The Morgan fingerprint density at radius 3 is 0.933 bits per heavy atom. The molecule has 180 valence electrons. The minimum Gasteiger partial charge on any atom is -0.450 e. The van der Waals surface area contributed by atoms with E-state index in [0.29, 0.717) is 6.61 Å². The van der Waals surface area contributed by atoms with Gasteiger partial charge in [-0.15, -0.1) is 0 Å². The Bertz CT molecular complexity index is 330. The summed E-state index contributed by atoms with van der Waals surface area (Å²) in [5.41, 5.74) is 0. The molecule has 30 heavy (non-hydrogen) atoms. The van der Waals surface area contributed by atoms with Crippen LogP contribution in [-0.2, 0) is 4.74 Å². The fraction of sp³-hybridized carbons (Fsp3) is 0.963. The van der Waals surface area contributed by atoms with Crippen LogP contribution in [0.5, 0.6) is 0 Å². The summed E-state index contributed by atoms with van der Waals surface area (Å²) in [6.45, 7) is 2.65. The van der Waals surface area contributed by atoms with Crippen LogP contribution in [0, 0.1) is 0 Å². The van der Waals surface area contributed by atoms with Crippen LogP contribution in [0.3, 0.4) is 0 Å². The van der Waals surface area contributed by atoms with Gasteiger partial charge in [0, 0.05) is 0 Å². The van der Waals surface area contributed by atoms with E-state index in [9.17, 15) is 4.79 Å². The van der Waals surface area contributed by atoms with Crippen LogP contribution in [0.1, 0.15) is 161 Å². The van der Waals surface area contributed by atoms with Crippen LogP contribution in [0.25, 0.3) is 0 Å². The summed E-state index contributed by atoms with van der Waals surface area (Å²) >= 11 is 0. The van der Waals surface area contributed by atoms with Crippen LogP contribution in [0.4, 0.5) is 4.79 Å². The number of unbranched alkanes of at least 4 members (excludes halogenated alkanes) is 23. The Hall–Kier alpha value is -0.730. The van der Waals surface area contributed by atoms with Gasteiger partial charge in [0.2, 0.25) is 0 Å². The zero-order chi connectivity index (χ0) is 22.0. The SMILES string of the molecule is CCCCCCCCCCCCCCCCCCCCCCCCCCOC(=O)O. The van der Waals surface area contributed by atoms with Gasteiger partial charge in [-0.3, -0.25) is 0 Å². The lowest BCUT2D eigenvalue weighted by atomic mass is 10.0. The van der Waals surface area contributed by atoms with Gasteiger partial charge in [0.05, 0.1) is 6.61 Å². The average Bonchev–Trinajstić information content (AvgIpc) is 2.73. The van der Waals surface area contributed by atoms with E-state index in [1.54, 1.807) is 0 Å². The molecule has 0 atom stereocenters. The van der Waals surface area contributed by atoms with E-state index in [1.165, 1.54) is 141 Å². The summed E-state index contributed by atoms with van der Waals surface area (Å²) in [5, 5.41) is 8.37. The molecule has 0 bridgehead atoms. The minimum atomic E-state index is -1.15. The first kappa shape index (κ1) is 29.3. The van der Waals surface area contributed by atoms with Gasteiger partial charge < -0.3 is 9.84 Å². The van der Waals surface area contributed by atoms with Crippen molar-refractivity contribution in [3.63, 3.8) is 0 Å². The topological polar surface area (TPSA) is 46.5 Å². The maximum atomic E-state index is 10.2. The zero-order valence-electron chi connectivity index (χ0n) is 20.4. The first-order chi connectivity index (χ1) is 14.8. The van der Waals surface area contributed by atoms with Gasteiger partial charge >= 0.3 is 6.16 Å². The molecular weight excluding hydrogens is 372 g/mol. The van der Waals surface area contributed by atoms with Gasteiger partial charge in [-0.05, 0) is 6.42 Å². The minimum absolute atomic E-state index is 0.356. The van der Waals surface area contributed by atoms with E-state index in [1.807, 2.05) is 0 Å². The quantitative estimate of drug-likeness (QED) is 0.117. The molecule has 0 unspecified atom stereocenters. The highest BCUT2D eigenvalue weighted by Gasteiger charge is 1.97. The largest absolute Gasteiger partial charge is 0.505 e. The number of ether oxygens (including phenoxy) is 1. The maximum Gasteiger partial charge on any atom is 0.505 e. The molecule has 0 aliphatic rings. The van der Waals surface area contributed by atoms with Gasteiger partial charge in [-0.25, -0.2) is 4.79 Å². The maximum absolute atomic E-state index is 10.2. The van der Waals surface area contributed by atoms with Crippen molar-refractivity contribution < 1.29 is 14.6 Å². The Labute approximate surface area is 188 Å². The van der Waals surface area contributed by atoms with Crippen LogP contribution < -0.4 is 0 Å². The third-order valence-electron chi connectivity index (χ3n) is 6.22. The van der Waals surface area contributed by atoms with Crippen LogP contribution in [0.2, 0.25) is 0 Å². The summed E-state index contributed by atoms with van der Waals surface area (Å²) in [7, 11) is 0. The van der Waals surface area contributed by atoms with Crippen molar-refractivity contribution in [1.82, 2.24) is 0 Å². The van der Waals surface area contributed by atoms with Crippen molar-refractivity contribution in [3.8, 4) is 0 Å². The lowest BCUT2D eigenvalue weighted by molar-refractivity contribution is 0.0899. The predicted octanol–water partition coefficient (Wildman–Crippen LogP) is 10.1. The molecule has 0 radical (unpaired) electrons. The Morgan fingerprint density at radius 1 is 0.467 bits per heavy atom. The van der Waals surface area contributed by atoms with E-state index >= 15 is 0 Å². The normalized spacial score (nSPS) is 11.1. The molecule has 3 nitrogen and oxygen atoms in total. The molecule has 0 aliphatic heterocycles. The lowest BCUT2D eigenvalue weighted by Crippen LogP contribution is -2.01. The number of rotatable bonds is 25. The number of carbonyl (C=O) groups is 1.